The van der Waals surface area contributed by atoms with E-state index in [1.807, 2.05) is 0 Å². The standard InChI is InChI=1S/C55H114N.ClH/c1-5-6-7-8-9-10-11-12-13-14-15-16-17-18-19-20-21-22-23-24-25-26-27-28-29-30-31-32-33-34-35-36-37-38-39-40-41-42-43-44-45-46-47-48-49-50-51-52-53-54-55-56(2,3)4;/h5-55H2,1-4H3;1H/q+1;/p-1. The number of unbranched alkanes of at least 4 members (excludes halogenated alkanes) is 49. The highest BCUT2D eigenvalue weighted by atomic mass is 35.5. The molecule has 0 rings (SSSR count). The van der Waals surface area contributed by atoms with E-state index >= 15 is 0 Å². The molecule has 2 heteroatoms. The van der Waals surface area contributed by atoms with Gasteiger partial charge in [-0.25, -0.2) is 0 Å². The van der Waals surface area contributed by atoms with Crippen molar-refractivity contribution in [1.82, 2.24) is 0 Å². The molecule has 1 nitrogen and oxygen atoms in total. The van der Waals surface area contributed by atoms with Crippen LogP contribution in [0.15, 0.2) is 0 Å². The second-order valence-corrected chi connectivity index (χ2v) is 20.3. The molecule has 0 aliphatic carbocycles. The summed E-state index contributed by atoms with van der Waals surface area (Å²) in [6.07, 6.45) is 74.3. The molecular formula is C55H114ClN. The van der Waals surface area contributed by atoms with Gasteiger partial charge in [-0.05, 0) is 12.8 Å². The third-order valence-corrected chi connectivity index (χ3v) is 13.2. The Labute approximate surface area is 371 Å². The average molecular weight is 825 g/mol. The molecule has 0 aromatic carbocycles. The van der Waals surface area contributed by atoms with Crippen LogP contribution < -0.4 is 12.4 Å². The van der Waals surface area contributed by atoms with Crippen LogP contribution in [0, 0.1) is 0 Å². The van der Waals surface area contributed by atoms with Gasteiger partial charge in [-0.1, -0.05) is 315 Å². The van der Waals surface area contributed by atoms with Crippen LogP contribution in [0.2, 0.25) is 0 Å². The van der Waals surface area contributed by atoms with Crippen LogP contribution in [-0.4, -0.2) is 32.2 Å². The molecule has 346 valence electrons. The lowest BCUT2D eigenvalue weighted by Crippen LogP contribution is -3.00. The SMILES string of the molecule is CCCCCCCCCCCCCCCCCCCCCCCCCCCCCCCCCCCCCCCCCCCCCCCCCCCC[N+](C)(C)C.[Cl-]. The summed E-state index contributed by atoms with van der Waals surface area (Å²) in [5.74, 6) is 0. The Balaban J connectivity index is 0. The molecule has 0 saturated carbocycles. The summed E-state index contributed by atoms with van der Waals surface area (Å²) in [5, 5.41) is 0. The van der Waals surface area contributed by atoms with Crippen molar-refractivity contribution in [2.45, 2.75) is 328 Å². The first-order valence-corrected chi connectivity index (χ1v) is 27.4. The second kappa shape index (κ2) is 52.4. The molecule has 0 spiro atoms. The summed E-state index contributed by atoms with van der Waals surface area (Å²) in [6.45, 7) is 3.65. The highest BCUT2D eigenvalue weighted by Gasteiger charge is 2.05. The van der Waals surface area contributed by atoms with E-state index in [2.05, 4.69) is 28.1 Å². The Morgan fingerprint density at radius 3 is 0.386 bits per heavy atom. The summed E-state index contributed by atoms with van der Waals surface area (Å²) in [6, 6.07) is 0. The zero-order valence-corrected chi connectivity index (χ0v) is 41.6. The van der Waals surface area contributed by atoms with Crippen molar-refractivity contribution in [3.8, 4) is 0 Å². The number of quaternary nitrogens is 1. The first-order valence-electron chi connectivity index (χ1n) is 27.4. The van der Waals surface area contributed by atoms with Crippen LogP contribution in [0.5, 0.6) is 0 Å². The molecule has 0 amide bonds. The molecule has 0 aliphatic rings. The van der Waals surface area contributed by atoms with E-state index in [1.54, 1.807) is 0 Å². The maximum atomic E-state index is 2.31. The minimum Gasteiger partial charge on any atom is -1.00 e. The van der Waals surface area contributed by atoms with Crippen molar-refractivity contribution in [1.29, 1.82) is 0 Å². The normalized spacial score (nSPS) is 11.8. The van der Waals surface area contributed by atoms with Crippen molar-refractivity contribution < 1.29 is 16.9 Å². The van der Waals surface area contributed by atoms with Gasteiger partial charge in [-0.2, -0.15) is 0 Å². The average Bonchev–Trinajstić information content (AvgIpc) is 3.18. The number of halogens is 1. The maximum absolute atomic E-state index is 2.31. The first kappa shape index (κ1) is 59.3. The zero-order chi connectivity index (χ0) is 40.6. The third kappa shape index (κ3) is 58.4. The Kier molecular flexibility index (Phi) is 54.5. The summed E-state index contributed by atoms with van der Waals surface area (Å²) in [4.78, 5) is 0. The minimum atomic E-state index is 0. The van der Waals surface area contributed by atoms with Gasteiger partial charge in [0.25, 0.3) is 0 Å². The molecule has 0 N–H and O–H groups in total. The van der Waals surface area contributed by atoms with Crippen LogP contribution in [0.1, 0.15) is 328 Å². The molecule has 0 heterocycles. The van der Waals surface area contributed by atoms with Crippen LogP contribution >= 0.6 is 0 Å². The van der Waals surface area contributed by atoms with Crippen LogP contribution in [0.4, 0.5) is 0 Å². The number of nitrogens with zero attached hydrogens (tertiary/aromatic N) is 1. The van der Waals surface area contributed by atoms with Gasteiger partial charge < -0.3 is 16.9 Å². The topological polar surface area (TPSA) is 0 Å². The molecular weight excluding hydrogens is 710 g/mol. The van der Waals surface area contributed by atoms with Gasteiger partial charge >= 0.3 is 0 Å². The van der Waals surface area contributed by atoms with E-state index in [0.29, 0.717) is 0 Å². The fraction of sp³-hybridized carbons (Fsp3) is 1.00. The predicted octanol–water partition coefficient (Wildman–Crippen LogP) is 17.2. The lowest BCUT2D eigenvalue weighted by atomic mass is 10.0. The van der Waals surface area contributed by atoms with Crippen molar-refractivity contribution in [3.63, 3.8) is 0 Å². The van der Waals surface area contributed by atoms with Gasteiger partial charge in [-0.3, -0.25) is 0 Å². The Hall–Kier alpha value is 0.250. The fourth-order valence-electron chi connectivity index (χ4n) is 9.14. The molecule has 0 bridgehead atoms. The van der Waals surface area contributed by atoms with Crippen molar-refractivity contribution in [3.05, 3.63) is 0 Å². The molecule has 0 aromatic rings. The minimum absolute atomic E-state index is 0. The van der Waals surface area contributed by atoms with Crippen molar-refractivity contribution in [2.24, 2.45) is 0 Å². The molecule has 0 fully saturated rings. The van der Waals surface area contributed by atoms with Crippen LogP contribution in [0.3, 0.4) is 0 Å². The van der Waals surface area contributed by atoms with Gasteiger partial charge in [0, 0.05) is 0 Å². The maximum Gasteiger partial charge on any atom is 0.0780 e. The number of hydrogen-bond donors (Lipinski definition) is 0. The van der Waals surface area contributed by atoms with Crippen molar-refractivity contribution in [2.75, 3.05) is 27.7 Å². The van der Waals surface area contributed by atoms with Gasteiger partial charge in [0.1, 0.15) is 0 Å². The van der Waals surface area contributed by atoms with E-state index in [1.165, 1.54) is 328 Å². The molecule has 0 saturated heterocycles. The van der Waals surface area contributed by atoms with Gasteiger partial charge in [0.05, 0.1) is 27.7 Å². The number of hydrogen-bond acceptors (Lipinski definition) is 0. The fourth-order valence-corrected chi connectivity index (χ4v) is 9.14. The lowest BCUT2D eigenvalue weighted by molar-refractivity contribution is -0.870. The van der Waals surface area contributed by atoms with E-state index in [0.717, 1.165) is 4.48 Å². The Morgan fingerprint density at radius 1 is 0.175 bits per heavy atom. The van der Waals surface area contributed by atoms with Gasteiger partial charge in [-0.15, -0.1) is 0 Å². The summed E-state index contributed by atoms with van der Waals surface area (Å²) >= 11 is 0. The lowest BCUT2D eigenvalue weighted by Gasteiger charge is -2.23. The summed E-state index contributed by atoms with van der Waals surface area (Å²) < 4.78 is 1.12. The zero-order valence-electron chi connectivity index (χ0n) is 40.9. The van der Waals surface area contributed by atoms with Gasteiger partial charge in [0.2, 0.25) is 0 Å². The molecule has 0 atom stereocenters. The first-order chi connectivity index (χ1) is 27.6. The Bertz CT molecular complexity index is 670. The van der Waals surface area contributed by atoms with Crippen molar-refractivity contribution >= 4 is 0 Å². The molecule has 0 aromatic heterocycles. The van der Waals surface area contributed by atoms with Gasteiger partial charge in [0.15, 0.2) is 0 Å². The molecule has 0 aliphatic heterocycles. The molecule has 57 heavy (non-hydrogen) atoms. The second-order valence-electron chi connectivity index (χ2n) is 20.3. The number of rotatable bonds is 51. The van der Waals surface area contributed by atoms with E-state index in [-0.39, 0.29) is 12.4 Å². The molecule has 0 radical (unpaired) electrons. The highest BCUT2D eigenvalue weighted by Crippen LogP contribution is 2.19. The van der Waals surface area contributed by atoms with E-state index < -0.39 is 0 Å². The summed E-state index contributed by atoms with van der Waals surface area (Å²) in [5.41, 5.74) is 0. The summed E-state index contributed by atoms with van der Waals surface area (Å²) in [7, 11) is 6.94. The molecule has 0 unspecified atom stereocenters. The highest BCUT2D eigenvalue weighted by molar-refractivity contribution is 4.55. The quantitative estimate of drug-likeness (QED) is 0.0423. The monoisotopic (exact) mass is 824 g/mol. The van der Waals surface area contributed by atoms with E-state index in [4.69, 9.17) is 0 Å². The Morgan fingerprint density at radius 2 is 0.281 bits per heavy atom. The third-order valence-electron chi connectivity index (χ3n) is 13.2. The largest absolute Gasteiger partial charge is 1.00 e. The van der Waals surface area contributed by atoms with Crippen LogP contribution in [-0.2, 0) is 0 Å². The van der Waals surface area contributed by atoms with Crippen LogP contribution in [0.25, 0.3) is 0 Å². The van der Waals surface area contributed by atoms with E-state index in [9.17, 15) is 0 Å². The smallest absolute Gasteiger partial charge is 0.0780 e. The predicted molar refractivity (Wildman–Crippen MR) is 259 cm³/mol.